The molecule has 0 aliphatic carbocycles. The third kappa shape index (κ3) is 6.36. The van der Waals surface area contributed by atoms with E-state index in [4.69, 9.17) is 0 Å². The normalized spacial score (nSPS) is 13.4. The molecule has 6 heteroatoms. The fraction of sp³-hybridized carbons (Fsp3) is 0.143. The van der Waals surface area contributed by atoms with Crippen LogP contribution in [0.15, 0.2) is 81.5 Å². The summed E-state index contributed by atoms with van der Waals surface area (Å²) in [5.74, 6) is 0. The van der Waals surface area contributed by atoms with Crippen molar-refractivity contribution in [3.8, 4) is 0 Å². The second kappa shape index (κ2) is 9.35. The maximum Gasteiger partial charge on any atom is 0.160 e. The Kier molecular flexibility index (Phi) is 7.22. The third-order valence-electron chi connectivity index (χ3n) is 2.18. The van der Waals surface area contributed by atoms with Crippen LogP contribution in [0.25, 0.3) is 0 Å². The van der Waals surface area contributed by atoms with E-state index in [9.17, 15) is 0 Å². The molecule has 0 saturated heterocycles. The van der Waals surface area contributed by atoms with Crippen molar-refractivity contribution < 1.29 is 5.32 Å². The fourth-order valence-corrected chi connectivity index (χ4v) is 1.20. The largest absolute Gasteiger partial charge is 0.335 e. The lowest BCUT2D eigenvalue weighted by Gasteiger charge is -1.94. The standard InChI is InChI=1S/C14H18N6/c1-13(8-4-6-10-15-2)18-16-12-17-19-14-9-5-7-11-20(14)3/h4-12,15H,1H2,2-3H3/p+1/b8-4-,10-6-,17-12+,18-16?,19-14+. The van der Waals surface area contributed by atoms with Gasteiger partial charge in [-0.05, 0) is 24.3 Å². The highest BCUT2D eigenvalue weighted by Gasteiger charge is 1.82. The van der Waals surface area contributed by atoms with Crippen molar-refractivity contribution in [3.63, 3.8) is 0 Å². The molecule has 0 atom stereocenters. The van der Waals surface area contributed by atoms with Crippen LogP contribution in [0.2, 0.25) is 0 Å². The molecule has 1 aromatic heterocycles. The number of hydrogen-bond acceptors (Lipinski definition) is 3. The van der Waals surface area contributed by atoms with Crippen molar-refractivity contribution >= 4 is 6.34 Å². The van der Waals surface area contributed by atoms with Gasteiger partial charge >= 0.3 is 0 Å². The molecule has 6 nitrogen and oxygen atoms in total. The van der Waals surface area contributed by atoms with Gasteiger partial charge in [0.25, 0.3) is 0 Å². The number of aryl methyl sites for hydroxylation is 1. The molecule has 0 unspecified atom stereocenters. The number of aromatic nitrogens is 1. The minimum absolute atomic E-state index is 0.544. The number of quaternary nitrogens is 1. The first-order valence-electron chi connectivity index (χ1n) is 6.13. The molecule has 104 valence electrons. The lowest BCUT2D eigenvalue weighted by molar-refractivity contribution is -0.556. The van der Waals surface area contributed by atoms with Crippen molar-refractivity contribution in [1.82, 2.24) is 4.57 Å². The van der Waals surface area contributed by atoms with E-state index in [-0.39, 0.29) is 0 Å². The number of nitrogens with two attached hydrogens (primary N) is 1. The SMILES string of the molecule is C=C(/C=C\C=C/[NH2+]C)N=N/C=N/N=c1\ccccn1C. The summed E-state index contributed by atoms with van der Waals surface area (Å²) in [5.41, 5.74) is 1.28. The summed E-state index contributed by atoms with van der Waals surface area (Å²) in [6, 6.07) is 5.67. The van der Waals surface area contributed by atoms with Crippen LogP contribution in [0.4, 0.5) is 0 Å². The zero-order valence-corrected chi connectivity index (χ0v) is 11.7. The van der Waals surface area contributed by atoms with E-state index in [1.54, 1.807) is 6.08 Å². The average Bonchev–Trinajstić information content (AvgIpc) is 2.45. The average molecular weight is 271 g/mol. The Labute approximate surface area is 118 Å². The Morgan fingerprint density at radius 1 is 1.35 bits per heavy atom. The van der Waals surface area contributed by atoms with Crippen molar-refractivity contribution in [2.24, 2.45) is 27.5 Å². The maximum absolute atomic E-state index is 4.00. The zero-order valence-electron chi connectivity index (χ0n) is 11.7. The molecule has 0 aliphatic rings. The minimum atomic E-state index is 0.544. The van der Waals surface area contributed by atoms with Crippen LogP contribution in [0.1, 0.15) is 0 Å². The van der Waals surface area contributed by atoms with Crippen LogP contribution < -0.4 is 10.8 Å². The molecule has 0 amide bonds. The van der Waals surface area contributed by atoms with Gasteiger partial charge in [0.05, 0.1) is 18.9 Å². The predicted molar refractivity (Wildman–Crippen MR) is 79.6 cm³/mol. The Morgan fingerprint density at radius 3 is 2.95 bits per heavy atom. The summed E-state index contributed by atoms with van der Waals surface area (Å²) >= 11 is 0. The molecule has 0 bridgehead atoms. The first kappa shape index (κ1) is 15.5. The summed E-state index contributed by atoms with van der Waals surface area (Å²) in [4.78, 5) is 0. The van der Waals surface area contributed by atoms with Gasteiger partial charge in [-0.15, -0.1) is 15.3 Å². The van der Waals surface area contributed by atoms with Gasteiger partial charge in [-0.1, -0.05) is 18.7 Å². The molecule has 0 aliphatic heterocycles. The second-order valence-electron chi connectivity index (χ2n) is 3.78. The summed E-state index contributed by atoms with van der Waals surface area (Å²) < 4.78 is 1.85. The second-order valence-corrected chi connectivity index (χ2v) is 3.78. The highest BCUT2D eigenvalue weighted by Crippen LogP contribution is 1.95. The monoisotopic (exact) mass is 271 g/mol. The molecule has 1 rings (SSSR count). The molecule has 1 heterocycles. The van der Waals surface area contributed by atoms with Crippen LogP contribution in [0, 0.1) is 0 Å². The van der Waals surface area contributed by atoms with Crippen molar-refractivity contribution in [2.45, 2.75) is 0 Å². The molecule has 0 saturated carbocycles. The van der Waals surface area contributed by atoms with E-state index >= 15 is 0 Å². The van der Waals surface area contributed by atoms with Gasteiger partial charge in [-0.3, -0.25) is 0 Å². The molecule has 1 aromatic rings. The van der Waals surface area contributed by atoms with Crippen LogP contribution in [-0.4, -0.2) is 18.0 Å². The summed E-state index contributed by atoms with van der Waals surface area (Å²) in [6.07, 6.45) is 10.6. The van der Waals surface area contributed by atoms with E-state index in [1.165, 1.54) is 6.34 Å². The first-order valence-corrected chi connectivity index (χ1v) is 6.13. The highest BCUT2D eigenvalue weighted by atomic mass is 15.3. The Bertz CT molecular complexity index is 604. The van der Waals surface area contributed by atoms with E-state index in [0.717, 1.165) is 5.49 Å². The van der Waals surface area contributed by atoms with Gasteiger partial charge in [-0.2, -0.15) is 5.11 Å². The van der Waals surface area contributed by atoms with Gasteiger partial charge < -0.3 is 9.88 Å². The Hall–Kier alpha value is -2.60. The lowest BCUT2D eigenvalue weighted by Crippen LogP contribution is -2.72. The number of hydrogen-bond donors (Lipinski definition) is 1. The van der Waals surface area contributed by atoms with Crippen molar-refractivity contribution in [1.29, 1.82) is 0 Å². The number of pyridine rings is 1. The Morgan fingerprint density at radius 2 is 2.20 bits per heavy atom. The summed E-state index contributed by atoms with van der Waals surface area (Å²) in [6.45, 7) is 3.73. The highest BCUT2D eigenvalue weighted by molar-refractivity contribution is 5.54. The number of nitrogens with zero attached hydrogens (tertiary/aromatic N) is 5. The van der Waals surface area contributed by atoms with Gasteiger partial charge in [0.2, 0.25) is 0 Å². The number of rotatable bonds is 6. The van der Waals surface area contributed by atoms with E-state index in [2.05, 4.69) is 27.0 Å². The quantitative estimate of drug-likeness (QED) is 0.265. The smallest absolute Gasteiger partial charge is 0.160 e. The first-order chi connectivity index (χ1) is 9.74. The molecule has 2 N–H and O–H groups in total. The molecule has 0 aromatic carbocycles. The predicted octanol–water partition coefficient (Wildman–Crippen LogP) is 1.10. The molecule has 20 heavy (non-hydrogen) atoms. The molecule has 0 fully saturated rings. The van der Waals surface area contributed by atoms with Crippen LogP contribution >= 0.6 is 0 Å². The molecular formula is C14H19N6+. The Balaban J connectivity index is 2.53. The van der Waals surface area contributed by atoms with E-state index in [1.807, 2.05) is 66.7 Å². The minimum Gasteiger partial charge on any atom is -0.335 e. The van der Waals surface area contributed by atoms with Crippen molar-refractivity contribution in [3.05, 3.63) is 66.6 Å². The lowest BCUT2D eigenvalue weighted by atomic mass is 10.4. The summed E-state index contributed by atoms with van der Waals surface area (Å²) in [7, 11) is 3.84. The number of azo groups is 1. The molecule has 0 spiro atoms. The van der Waals surface area contributed by atoms with Crippen LogP contribution in [0.3, 0.4) is 0 Å². The van der Waals surface area contributed by atoms with Crippen LogP contribution in [-0.2, 0) is 7.05 Å². The molecular weight excluding hydrogens is 252 g/mol. The van der Waals surface area contributed by atoms with E-state index < -0.39 is 0 Å². The van der Waals surface area contributed by atoms with Gasteiger partial charge in [0, 0.05) is 13.2 Å². The summed E-state index contributed by atoms with van der Waals surface area (Å²) in [5, 5.41) is 17.4. The van der Waals surface area contributed by atoms with Gasteiger partial charge in [-0.25, -0.2) is 0 Å². The van der Waals surface area contributed by atoms with Crippen molar-refractivity contribution in [2.75, 3.05) is 7.05 Å². The maximum atomic E-state index is 4.00. The topological polar surface area (TPSA) is 71.0 Å². The van der Waals surface area contributed by atoms with Gasteiger partial charge in [0.15, 0.2) is 11.8 Å². The van der Waals surface area contributed by atoms with Gasteiger partial charge in [0.1, 0.15) is 0 Å². The third-order valence-corrected chi connectivity index (χ3v) is 2.18. The van der Waals surface area contributed by atoms with E-state index in [0.29, 0.717) is 5.70 Å². The number of allylic oxidation sites excluding steroid dienone is 3. The zero-order chi connectivity index (χ0) is 14.6. The van der Waals surface area contributed by atoms with Crippen LogP contribution in [0.5, 0.6) is 0 Å². The fourth-order valence-electron chi connectivity index (χ4n) is 1.20. The molecule has 0 radical (unpaired) electrons.